The van der Waals surface area contributed by atoms with Gasteiger partial charge in [0.1, 0.15) is 18.1 Å². The summed E-state index contributed by atoms with van der Waals surface area (Å²) < 4.78 is 27.8. The Kier molecular flexibility index (Phi) is 5.63. The fraction of sp³-hybridized carbons (Fsp3) is 0.118. The fourth-order valence-electron chi connectivity index (χ4n) is 2.57. The third-order valence-corrected chi connectivity index (χ3v) is 5.77. The third-order valence-electron chi connectivity index (χ3n) is 3.94. The molecule has 9 nitrogen and oxygen atoms in total. The van der Waals surface area contributed by atoms with E-state index < -0.39 is 22.0 Å². The van der Waals surface area contributed by atoms with Crippen molar-refractivity contribution in [1.82, 2.24) is 14.7 Å². The van der Waals surface area contributed by atoms with E-state index in [-0.39, 0.29) is 28.1 Å². The number of carboxylic acid groups (broad SMARTS) is 1. The van der Waals surface area contributed by atoms with E-state index in [0.717, 1.165) is 11.7 Å². The van der Waals surface area contributed by atoms with Crippen molar-refractivity contribution in [3.63, 3.8) is 0 Å². The number of nitrogens with one attached hydrogen (secondary N) is 2. The summed E-state index contributed by atoms with van der Waals surface area (Å²) in [6, 6.07) is 10.2. The zero-order valence-electron chi connectivity index (χ0n) is 14.3. The van der Waals surface area contributed by atoms with E-state index in [0.29, 0.717) is 5.39 Å². The number of nitrogen functional groups attached to an aromatic ring is 1. The number of aromatic nitrogens is 2. The first-order chi connectivity index (χ1) is 13.3. The van der Waals surface area contributed by atoms with Crippen LogP contribution in [-0.4, -0.2) is 42.0 Å². The average molecular weight is 422 g/mol. The number of aliphatic carboxylic acids is 1. The van der Waals surface area contributed by atoms with E-state index in [1.165, 1.54) is 6.07 Å². The Morgan fingerprint density at radius 1 is 1.18 bits per heavy atom. The van der Waals surface area contributed by atoms with Gasteiger partial charge in [-0.2, -0.15) is 4.72 Å². The number of rotatable bonds is 7. The molecule has 0 radical (unpaired) electrons. The lowest BCUT2D eigenvalue weighted by Crippen LogP contribution is -2.45. The van der Waals surface area contributed by atoms with Gasteiger partial charge in [-0.15, -0.1) is 0 Å². The van der Waals surface area contributed by atoms with Gasteiger partial charge < -0.3 is 16.2 Å². The van der Waals surface area contributed by atoms with Crippen LogP contribution < -0.4 is 15.8 Å². The van der Waals surface area contributed by atoms with E-state index in [1.807, 2.05) is 0 Å². The van der Waals surface area contributed by atoms with Gasteiger partial charge in [0.25, 0.3) is 0 Å². The largest absolute Gasteiger partial charge is 0.480 e. The maximum Gasteiger partial charge on any atom is 0.323 e. The Balaban J connectivity index is 1.85. The zero-order valence-corrected chi connectivity index (χ0v) is 15.9. The SMILES string of the molecule is Nc1c(Cl)ncnc1NC[C@H](NS(=O)(=O)c1cccc2ccccc12)C(=O)O. The van der Waals surface area contributed by atoms with Crippen LogP contribution in [0, 0.1) is 0 Å². The van der Waals surface area contributed by atoms with Gasteiger partial charge >= 0.3 is 5.97 Å². The lowest BCUT2D eigenvalue weighted by atomic mass is 10.1. The normalized spacial score (nSPS) is 12.6. The molecule has 0 saturated carbocycles. The van der Waals surface area contributed by atoms with Crippen LogP contribution >= 0.6 is 11.6 Å². The summed E-state index contributed by atoms with van der Waals surface area (Å²) in [5, 5.41) is 13.3. The van der Waals surface area contributed by atoms with Crippen LogP contribution in [0.5, 0.6) is 0 Å². The monoisotopic (exact) mass is 421 g/mol. The Hall–Kier alpha value is -2.95. The maximum absolute atomic E-state index is 12.8. The molecule has 0 aliphatic heterocycles. The van der Waals surface area contributed by atoms with Crippen molar-refractivity contribution in [2.75, 3.05) is 17.6 Å². The molecule has 3 aromatic rings. The standard InChI is InChI=1S/C17H16ClN5O4S/c18-15-14(19)16(22-9-21-15)20-8-12(17(24)25)23-28(26,27)13-7-3-5-10-4-1-2-6-11(10)13/h1-7,9,12,23H,8,19H2,(H,24,25)(H,20,21,22)/t12-/m0/s1. The smallest absolute Gasteiger partial charge is 0.323 e. The quantitative estimate of drug-likeness (QED) is 0.421. The topological polar surface area (TPSA) is 147 Å². The molecular weight excluding hydrogens is 406 g/mol. The molecule has 2 aromatic carbocycles. The maximum atomic E-state index is 12.8. The summed E-state index contributed by atoms with van der Waals surface area (Å²) >= 11 is 5.79. The minimum absolute atomic E-state index is 0.000658. The van der Waals surface area contributed by atoms with Gasteiger partial charge in [0, 0.05) is 11.9 Å². The molecule has 1 aromatic heterocycles. The summed E-state index contributed by atoms with van der Waals surface area (Å²) in [5.41, 5.74) is 5.75. The van der Waals surface area contributed by atoms with Crippen LogP contribution in [0.4, 0.5) is 11.5 Å². The van der Waals surface area contributed by atoms with Crippen LogP contribution in [0.25, 0.3) is 10.8 Å². The van der Waals surface area contributed by atoms with Crippen molar-refractivity contribution < 1.29 is 18.3 Å². The van der Waals surface area contributed by atoms with Crippen LogP contribution in [-0.2, 0) is 14.8 Å². The van der Waals surface area contributed by atoms with Crippen molar-refractivity contribution >= 4 is 49.9 Å². The molecule has 1 heterocycles. The number of anilines is 2. The van der Waals surface area contributed by atoms with Gasteiger partial charge in [0.15, 0.2) is 11.0 Å². The van der Waals surface area contributed by atoms with Gasteiger partial charge in [-0.25, -0.2) is 18.4 Å². The van der Waals surface area contributed by atoms with E-state index in [2.05, 4.69) is 20.0 Å². The molecule has 11 heteroatoms. The van der Waals surface area contributed by atoms with Gasteiger partial charge in [0.05, 0.1) is 4.90 Å². The van der Waals surface area contributed by atoms with Gasteiger partial charge in [-0.1, -0.05) is 48.0 Å². The van der Waals surface area contributed by atoms with Crippen molar-refractivity contribution in [3.8, 4) is 0 Å². The van der Waals surface area contributed by atoms with Crippen molar-refractivity contribution in [3.05, 3.63) is 53.9 Å². The Morgan fingerprint density at radius 2 is 1.89 bits per heavy atom. The van der Waals surface area contributed by atoms with E-state index in [4.69, 9.17) is 17.3 Å². The first-order valence-electron chi connectivity index (χ1n) is 8.02. The minimum Gasteiger partial charge on any atom is -0.480 e. The number of hydrogen-bond acceptors (Lipinski definition) is 7. The minimum atomic E-state index is -4.11. The number of halogens is 1. The summed E-state index contributed by atoms with van der Waals surface area (Å²) in [5.74, 6) is -1.26. The molecule has 0 bridgehead atoms. The third kappa shape index (κ3) is 4.14. The number of hydrogen-bond donors (Lipinski definition) is 4. The highest BCUT2D eigenvalue weighted by molar-refractivity contribution is 7.89. The lowest BCUT2D eigenvalue weighted by Gasteiger charge is -2.17. The number of carbonyl (C=O) groups is 1. The average Bonchev–Trinajstić information content (AvgIpc) is 2.67. The second kappa shape index (κ2) is 7.97. The number of benzene rings is 2. The van der Waals surface area contributed by atoms with Gasteiger partial charge in [-0.05, 0) is 11.5 Å². The Labute approximate surface area is 165 Å². The summed E-state index contributed by atoms with van der Waals surface area (Å²) in [6.45, 7) is -0.309. The molecule has 0 amide bonds. The molecule has 28 heavy (non-hydrogen) atoms. The molecule has 3 rings (SSSR count). The van der Waals surface area contributed by atoms with E-state index >= 15 is 0 Å². The van der Waals surface area contributed by atoms with Crippen molar-refractivity contribution in [2.45, 2.75) is 10.9 Å². The second-order valence-electron chi connectivity index (χ2n) is 5.80. The highest BCUT2D eigenvalue weighted by Crippen LogP contribution is 2.24. The van der Waals surface area contributed by atoms with Crippen LogP contribution in [0.1, 0.15) is 0 Å². The number of carboxylic acids is 1. The number of fused-ring (bicyclic) bond motifs is 1. The van der Waals surface area contributed by atoms with Crippen molar-refractivity contribution in [1.29, 1.82) is 0 Å². The number of nitrogens with zero attached hydrogens (tertiary/aromatic N) is 2. The Morgan fingerprint density at radius 3 is 2.64 bits per heavy atom. The van der Waals surface area contributed by atoms with E-state index in [9.17, 15) is 18.3 Å². The first kappa shape index (κ1) is 19.8. The van der Waals surface area contributed by atoms with Gasteiger partial charge in [-0.3, -0.25) is 4.79 Å². The molecule has 0 aliphatic carbocycles. The summed E-state index contributed by atoms with van der Waals surface area (Å²) in [7, 11) is -4.11. The van der Waals surface area contributed by atoms with Crippen LogP contribution in [0.2, 0.25) is 5.15 Å². The molecule has 1 atom stereocenters. The second-order valence-corrected chi connectivity index (χ2v) is 7.84. The molecule has 0 saturated heterocycles. The zero-order chi connectivity index (χ0) is 20.3. The number of nitrogens with two attached hydrogens (primary N) is 1. The van der Waals surface area contributed by atoms with Crippen LogP contribution in [0.3, 0.4) is 0 Å². The predicted molar refractivity (Wildman–Crippen MR) is 106 cm³/mol. The molecule has 0 spiro atoms. The highest BCUT2D eigenvalue weighted by Gasteiger charge is 2.27. The first-order valence-corrected chi connectivity index (χ1v) is 9.88. The summed E-state index contributed by atoms with van der Waals surface area (Å²) in [4.78, 5) is 19.1. The molecule has 5 N–H and O–H groups in total. The summed E-state index contributed by atoms with van der Waals surface area (Å²) in [6.07, 6.45) is 1.15. The van der Waals surface area contributed by atoms with Crippen molar-refractivity contribution in [2.24, 2.45) is 0 Å². The molecule has 146 valence electrons. The molecular formula is C17H16ClN5O4S. The molecule has 0 unspecified atom stereocenters. The van der Waals surface area contributed by atoms with Crippen LogP contribution in [0.15, 0.2) is 53.7 Å². The molecule has 0 fully saturated rings. The van der Waals surface area contributed by atoms with Gasteiger partial charge in [0.2, 0.25) is 10.0 Å². The number of sulfonamides is 1. The fourth-order valence-corrected chi connectivity index (χ4v) is 4.13. The highest BCUT2D eigenvalue weighted by atomic mass is 35.5. The predicted octanol–water partition coefficient (Wildman–Crippen LogP) is 1.71. The van der Waals surface area contributed by atoms with E-state index in [1.54, 1.807) is 36.4 Å². The Bertz CT molecular complexity index is 1130. The molecule has 0 aliphatic rings. The lowest BCUT2D eigenvalue weighted by molar-refractivity contribution is -0.138.